The summed E-state index contributed by atoms with van der Waals surface area (Å²) in [7, 11) is 0. The van der Waals surface area contributed by atoms with Crippen molar-refractivity contribution in [3.05, 3.63) is 12.2 Å². The zero-order valence-corrected chi connectivity index (χ0v) is 11.7. The van der Waals surface area contributed by atoms with E-state index in [4.69, 9.17) is 11.6 Å². The molecule has 1 unspecified atom stereocenters. The van der Waals surface area contributed by atoms with Crippen LogP contribution in [-0.2, 0) is 13.1 Å². The van der Waals surface area contributed by atoms with Crippen molar-refractivity contribution in [1.82, 2.24) is 20.1 Å². The molecule has 0 spiro atoms. The van der Waals surface area contributed by atoms with Gasteiger partial charge in [0.1, 0.15) is 12.2 Å². The van der Waals surface area contributed by atoms with E-state index in [-0.39, 0.29) is 0 Å². The first-order valence-electron chi connectivity index (χ1n) is 6.33. The summed E-state index contributed by atoms with van der Waals surface area (Å²) in [5, 5.41) is 7.72. The Hall–Kier alpha value is -0.610. The van der Waals surface area contributed by atoms with Crippen LogP contribution < -0.4 is 5.32 Å². The van der Waals surface area contributed by atoms with Gasteiger partial charge in [-0.2, -0.15) is 5.10 Å². The van der Waals surface area contributed by atoms with Crippen molar-refractivity contribution >= 4 is 11.6 Å². The van der Waals surface area contributed by atoms with Crippen LogP contribution in [0.5, 0.6) is 0 Å². The minimum absolute atomic E-state index is 0.469. The molecule has 1 atom stereocenters. The molecule has 0 aliphatic heterocycles. The summed E-state index contributed by atoms with van der Waals surface area (Å²) in [5.74, 6) is 2.29. The van der Waals surface area contributed by atoms with Gasteiger partial charge < -0.3 is 5.32 Å². The SMILES string of the molecule is CCC(CCCl)NCc1ncnn1CC(C)C. The summed E-state index contributed by atoms with van der Waals surface area (Å²) < 4.78 is 1.98. The maximum atomic E-state index is 5.76. The van der Waals surface area contributed by atoms with Crippen LogP contribution >= 0.6 is 11.6 Å². The second-order valence-corrected chi connectivity index (χ2v) is 5.09. The number of halogens is 1. The van der Waals surface area contributed by atoms with Gasteiger partial charge in [-0.25, -0.2) is 9.67 Å². The molecule has 1 rings (SSSR count). The lowest BCUT2D eigenvalue weighted by Crippen LogP contribution is -2.30. The summed E-state index contributed by atoms with van der Waals surface area (Å²) in [6.45, 7) is 8.22. The summed E-state index contributed by atoms with van der Waals surface area (Å²) in [4.78, 5) is 4.29. The third-order valence-corrected chi connectivity index (χ3v) is 2.95. The largest absolute Gasteiger partial charge is 0.307 e. The quantitative estimate of drug-likeness (QED) is 0.729. The van der Waals surface area contributed by atoms with E-state index >= 15 is 0 Å². The minimum Gasteiger partial charge on any atom is -0.307 e. The number of rotatable bonds is 8. The zero-order chi connectivity index (χ0) is 12.7. The van der Waals surface area contributed by atoms with E-state index in [0.29, 0.717) is 17.8 Å². The summed E-state index contributed by atoms with van der Waals surface area (Å²) in [6.07, 6.45) is 3.71. The lowest BCUT2D eigenvalue weighted by Gasteiger charge is -2.16. The highest BCUT2D eigenvalue weighted by atomic mass is 35.5. The van der Waals surface area contributed by atoms with Crippen LogP contribution in [0.15, 0.2) is 6.33 Å². The molecule has 98 valence electrons. The monoisotopic (exact) mass is 258 g/mol. The fourth-order valence-corrected chi connectivity index (χ4v) is 2.00. The van der Waals surface area contributed by atoms with Crippen molar-refractivity contribution in [1.29, 1.82) is 0 Å². The van der Waals surface area contributed by atoms with Crippen LogP contribution in [0.2, 0.25) is 0 Å². The Bertz CT molecular complexity index is 311. The molecule has 0 radical (unpaired) electrons. The van der Waals surface area contributed by atoms with Gasteiger partial charge in [0.15, 0.2) is 0 Å². The molecule has 0 saturated carbocycles. The lowest BCUT2D eigenvalue weighted by molar-refractivity contribution is 0.432. The molecule has 4 nitrogen and oxygen atoms in total. The van der Waals surface area contributed by atoms with Crippen molar-refractivity contribution < 1.29 is 0 Å². The smallest absolute Gasteiger partial charge is 0.140 e. The van der Waals surface area contributed by atoms with E-state index in [1.54, 1.807) is 6.33 Å². The van der Waals surface area contributed by atoms with Gasteiger partial charge >= 0.3 is 0 Å². The Morgan fingerprint density at radius 1 is 1.47 bits per heavy atom. The van der Waals surface area contributed by atoms with Crippen molar-refractivity contribution in [3.8, 4) is 0 Å². The predicted octanol–water partition coefficient (Wildman–Crippen LogP) is 2.43. The molecule has 1 aromatic heterocycles. The molecule has 0 saturated heterocycles. The third-order valence-electron chi connectivity index (χ3n) is 2.73. The molecule has 0 fully saturated rings. The van der Waals surface area contributed by atoms with Gasteiger partial charge in [-0.1, -0.05) is 20.8 Å². The summed E-state index contributed by atoms with van der Waals surface area (Å²) >= 11 is 5.76. The van der Waals surface area contributed by atoms with Crippen LogP contribution in [0.25, 0.3) is 0 Å². The van der Waals surface area contributed by atoms with E-state index in [9.17, 15) is 0 Å². The van der Waals surface area contributed by atoms with E-state index in [0.717, 1.165) is 31.8 Å². The summed E-state index contributed by atoms with van der Waals surface area (Å²) in [6, 6.07) is 0.469. The number of aromatic nitrogens is 3. The molecule has 0 bridgehead atoms. The molecular formula is C12H23ClN4. The molecule has 0 amide bonds. The van der Waals surface area contributed by atoms with Crippen LogP contribution in [-0.4, -0.2) is 26.7 Å². The van der Waals surface area contributed by atoms with Crippen LogP contribution in [0, 0.1) is 5.92 Å². The van der Waals surface area contributed by atoms with Crippen LogP contribution in [0.4, 0.5) is 0 Å². The maximum absolute atomic E-state index is 5.76. The van der Waals surface area contributed by atoms with Gasteiger partial charge in [-0.15, -0.1) is 11.6 Å². The third kappa shape index (κ3) is 5.04. The Balaban J connectivity index is 2.47. The highest BCUT2D eigenvalue weighted by molar-refractivity contribution is 6.17. The first-order valence-corrected chi connectivity index (χ1v) is 6.86. The molecular weight excluding hydrogens is 236 g/mol. The van der Waals surface area contributed by atoms with Crippen LogP contribution in [0.1, 0.15) is 39.4 Å². The number of nitrogens with zero attached hydrogens (tertiary/aromatic N) is 3. The number of nitrogens with one attached hydrogen (secondary N) is 1. The van der Waals surface area contributed by atoms with Gasteiger partial charge in [-0.3, -0.25) is 0 Å². The van der Waals surface area contributed by atoms with Gasteiger partial charge in [0.25, 0.3) is 0 Å². The molecule has 1 aromatic rings. The molecule has 17 heavy (non-hydrogen) atoms. The minimum atomic E-state index is 0.469. The van der Waals surface area contributed by atoms with E-state index in [1.807, 2.05) is 4.68 Å². The highest BCUT2D eigenvalue weighted by Crippen LogP contribution is 2.04. The Morgan fingerprint density at radius 2 is 2.24 bits per heavy atom. The first-order chi connectivity index (χ1) is 8.17. The second kappa shape index (κ2) is 7.67. The molecule has 5 heteroatoms. The second-order valence-electron chi connectivity index (χ2n) is 4.72. The predicted molar refractivity (Wildman–Crippen MR) is 71.1 cm³/mol. The Labute approximate surface area is 109 Å². The van der Waals surface area contributed by atoms with Crippen molar-refractivity contribution in [2.24, 2.45) is 5.92 Å². The zero-order valence-electron chi connectivity index (χ0n) is 11.0. The fourth-order valence-electron chi connectivity index (χ4n) is 1.74. The average Bonchev–Trinajstić information content (AvgIpc) is 2.71. The van der Waals surface area contributed by atoms with Gasteiger partial charge in [0.05, 0.1) is 6.54 Å². The molecule has 0 aliphatic rings. The standard InChI is InChI=1S/C12H23ClN4/c1-4-11(5-6-13)14-7-12-15-9-16-17(12)8-10(2)3/h9-11,14H,4-8H2,1-3H3. The molecule has 0 aliphatic carbocycles. The number of hydrogen-bond donors (Lipinski definition) is 1. The highest BCUT2D eigenvalue weighted by Gasteiger charge is 2.09. The van der Waals surface area contributed by atoms with Gasteiger partial charge in [-0.05, 0) is 18.8 Å². The molecule has 1 heterocycles. The van der Waals surface area contributed by atoms with Gasteiger partial charge in [0, 0.05) is 18.5 Å². The topological polar surface area (TPSA) is 42.7 Å². The first kappa shape index (κ1) is 14.5. The van der Waals surface area contributed by atoms with Crippen LogP contribution in [0.3, 0.4) is 0 Å². The molecule has 0 aromatic carbocycles. The number of alkyl halides is 1. The summed E-state index contributed by atoms with van der Waals surface area (Å²) in [5.41, 5.74) is 0. The average molecular weight is 259 g/mol. The van der Waals surface area contributed by atoms with E-state index in [1.165, 1.54) is 0 Å². The Morgan fingerprint density at radius 3 is 2.82 bits per heavy atom. The van der Waals surface area contributed by atoms with Crippen molar-refractivity contribution in [2.45, 2.75) is 52.7 Å². The fraction of sp³-hybridized carbons (Fsp3) is 0.833. The Kier molecular flexibility index (Phi) is 6.52. The van der Waals surface area contributed by atoms with E-state index in [2.05, 4.69) is 36.2 Å². The maximum Gasteiger partial charge on any atom is 0.140 e. The van der Waals surface area contributed by atoms with Crippen molar-refractivity contribution in [3.63, 3.8) is 0 Å². The number of hydrogen-bond acceptors (Lipinski definition) is 3. The lowest BCUT2D eigenvalue weighted by atomic mass is 10.2. The normalized spacial score (nSPS) is 13.2. The van der Waals surface area contributed by atoms with Crippen molar-refractivity contribution in [2.75, 3.05) is 5.88 Å². The van der Waals surface area contributed by atoms with E-state index < -0.39 is 0 Å². The molecule has 1 N–H and O–H groups in total. The van der Waals surface area contributed by atoms with Gasteiger partial charge in [0.2, 0.25) is 0 Å².